The van der Waals surface area contributed by atoms with Crippen molar-refractivity contribution in [3.8, 4) is 17.3 Å². The highest BCUT2D eigenvalue weighted by molar-refractivity contribution is 6.33. The van der Waals surface area contributed by atoms with Crippen LogP contribution >= 0.6 is 11.6 Å². The first-order valence-electron chi connectivity index (χ1n) is 11.8. The van der Waals surface area contributed by atoms with Crippen molar-refractivity contribution in [3.05, 3.63) is 40.9 Å². The molecule has 2 unspecified atom stereocenters. The molecule has 5 heterocycles. The van der Waals surface area contributed by atoms with Crippen molar-refractivity contribution in [1.82, 2.24) is 19.9 Å². The quantitative estimate of drug-likeness (QED) is 0.527. The highest BCUT2D eigenvalue weighted by Crippen LogP contribution is 2.34. The van der Waals surface area contributed by atoms with Gasteiger partial charge in [0.15, 0.2) is 11.8 Å². The predicted octanol–water partition coefficient (Wildman–Crippen LogP) is 3.54. The highest BCUT2D eigenvalue weighted by Gasteiger charge is 2.48. The van der Waals surface area contributed by atoms with Crippen LogP contribution in [0, 0.1) is 0 Å². The van der Waals surface area contributed by atoms with Crippen LogP contribution in [0.4, 0.5) is 13.2 Å². The first-order chi connectivity index (χ1) is 17.2. The van der Waals surface area contributed by atoms with Crippen molar-refractivity contribution in [2.45, 2.75) is 42.9 Å². The third-order valence-corrected chi connectivity index (χ3v) is 7.27. The molecule has 3 aliphatic heterocycles. The standard InChI is InChI=1S/C24H24ClF3N4O4/c25-15-7-16-22(31-23(29-16)36-18-10-35-20-17(33)9-34-21(18)20)30-19(15)13-3-1-12(2-4-13)14-5-6-32(8-14)11-24(26,27)28/h1-4,7,14,17-18,20-21,33H,5-6,8-11H2,(H,29,30,31)/t14?,17-,18-,20-,21?/m1/s1. The summed E-state index contributed by atoms with van der Waals surface area (Å²) in [5.74, 6) is 0.0579. The summed E-state index contributed by atoms with van der Waals surface area (Å²) in [7, 11) is 0. The number of imidazole rings is 1. The number of likely N-dealkylation sites (tertiary alicyclic amines) is 1. The third-order valence-electron chi connectivity index (χ3n) is 6.98. The Morgan fingerprint density at radius 3 is 2.69 bits per heavy atom. The molecular formula is C24H24ClF3N4O4. The van der Waals surface area contributed by atoms with E-state index in [0.29, 0.717) is 41.4 Å². The number of H-pyrrole nitrogens is 1. The van der Waals surface area contributed by atoms with E-state index in [1.54, 1.807) is 6.07 Å². The lowest BCUT2D eigenvalue weighted by molar-refractivity contribution is -0.143. The van der Waals surface area contributed by atoms with E-state index in [4.69, 9.17) is 25.8 Å². The second-order valence-electron chi connectivity index (χ2n) is 9.51. The SMILES string of the molecule is O[C@@H]1COC2[C@H](Oc3nc4nc(-c5ccc(C6CCN(CC(F)(F)F)C6)cc5)c(Cl)cc4[nH]3)CO[C@@H]21. The average molecular weight is 525 g/mol. The van der Waals surface area contributed by atoms with Crippen LogP contribution in [0.5, 0.6) is 6.01 Å². The summed E-state index contributed by atoms with van der Waals surface area (Å²) in [6.45, 7) is 0.435. The van der Waals surface area contributed by atoms with E-state index in [1.165, 1.54) is 4.90 Å². The highest BCUT2D eigenvalue weighted by atomic mass is 35.5. The van der Waals surface area contributed by atoms with Gasteiger partial charge in [-0.05, 0) is 30.5 Å². The van der Waals surface area contributed by atoms with Gasteiger partial charge in [0, 0.05) is 12.1 Å². The molecule has 8 nitrogen and oxygen atoms in total. The fourth-order valence-electron chi connectivity index (χ4n) is 5.26. The van der Waals surface area contributed by atoms with Gasteiger partial charge in [-0.25, -0.2) is 4.98 Å². The van der Waals surface area contributed by atoms with Crippen molar-refractivity contribution >= 4 is 22.8 Å². The number of rotatable bonds is 5. The van der Waals surface area contributed by atoms with Gasteiger partial charge in [-0.15, -0.1) is 0 Å². The Morgan fingerprint density at radius 1 is 1.14 bits per heavy atom. The minimum atomic E-state index is -4.18. The molecule has 0 bridgehead atoms. The topological polar surface area (TPSA) is 92.7 Å². The lowest BCUT2D eigenvalue weighted by Crippen LogP contribution is -2.34. The molecule has 2 N–H and O–H groups in total. The van der Waals surface area contributed by atoms with Gasteiger partial charge in [-0.1, -0.05) is 35.9 Å². The third kappa shape index (κ3) is 4.66. The molecule has 2 aromatic heterocycles. The Labute approximate surface area is 209 Å². The van der Waals surface area contributed by atoms with Gasteiger partial charge < -0.3 is 24.3 Å². The summed E-state index contributed by atoms with van der Waals surface area (Å²) in [5.41, 5.74) is 3.35. The lowest BCUT2D eigenvalue weighted by atomic mass is 9.96. The molecule has 6 rings (SSSR count). The second kappa shape index (κ2) is 9.14. The fourth-order valence-corrected chi connectivity index (χ4v) is 5.52. The monoisotopic (exact) mass is 524 g/mol. The van der Waals surface area contributed by atoms with Crippen molar-refractivity contribution in [1.29, 1.82) is 0 Å². The Hall–Kier alpha value is -2.44. The molecule has 3 aromatic rings. The largest absolute Gasteiger partial charge is 0.456 e. The van der Waals surface area contributed by atoms with E-state index >= 15 is 0 Å². The van der Waals surface area contributed by atoms with Crippen LogP contribution in [0.3, 0.4) is 0 Å². The molecule has 3 saturated heterocycles. The number of aliphatic hydroxyl groups excluding tert-OH is 1. The molecule has 1 aromatic carbocycles. The minimum Gasteiger partial charge on any atom is -0.456 e. The summed E-state index contributed by atoms with van der Waals surface area (Å²) in [5, 5.41) is 10.3. The number of ether oxygens (including phenoxy) is 3. The lowest BCUT2D eigenvalue weighted by Gasteiger charge is -2.18. The predicted molar refractivity (Wildman–Crippen MR) is 124 cm³/mol. The van der Waals surface area contributed by atoms with Gasteiger partial charge >= 0.3 is 6.18 Å². The van der Waals surface area contributed by atoms with Crippen LogP contribution < -0.4 is 4.74 Å². The molecule has 5 atom stereocenters. The zero-order valence-corrected chi connectivity index (χ0v) is 19.8. The Kier molecular flexibility index (Phi) is 6.08. The number of aromatic nitrogens is 3. The number of benzene rings is 1. The summed E-state index contributed by atoms with van der Waals surface area (Å²) >= 11 is 6.52. The number of nitrogens with one attached hydrogen (secondary N) is 1. The molecule has 12 heteroatoms. The van der Waals surface area contributed by atoms with Gasteiger partial charge in [-0.2, -0.15) is 18.2 Å². The Balaban J connectivity index is 1.17. The first kappa shape index (κ1) is 23.9. The number of alkyl halides is 3. The van der Waals surface area contributed by atoms with E-state index in [-0.39, 0.29) is 31.2 Å². The summed E-state index contributed by atoms with van der Waals surface area (Å²) in [4.78, 5) is 13.6. The van der Waals surface area contributed by atoms with Crippen molar-refractivity contribution in [2.24, 2.45) is 0 Å². The van der Waals surface area contributed by atoms with Crippen molar-refractivity contribution in [2.75, 3.05) is 32.8 Å². The minimum absolute atomic E-state index is 0.0579. The summed E-state index contributed by atoms with van der Waals surface area (Å²) < 4.78 is 55.2. The molecule has 0 saturated carbocycles. The number of halogens is 4. The van der Waals surface area contributed by atoms with Crippen LogP contribution in [-0.4, -0.2) is 88.4 Å². The number of aromatic amines is 1. The van der Waals surface area contributed by atoms with Crippen LogP contribution in [0.15, 0.2) is 30.3 Å². The zero-order valence-electron chi connectivity index (χ0n) is 19.0. The normalized spacial score (nSPS) is 28.8. The fraction of sp³-hybridized carbons (Fsp3) is 0.500. The van der Waals surface area contributed by atoms with Crippen molar-refractivity contribution in [3.63, 3.8) is 0 Å². The number of hydrogen-bond donors (Lipinski definition) is 2. The van der Waals surface area contributed by atoms with Gasteiger partial charge in [0.05, 0.1) is 36.0 Å². The molecule has 0 amide bonds. The number of aliphatic hydroxyl groups is 1. The Bertz CT molecular complexity index is 1250. The number of nitrogens with zero attached hydrogens (tertiary/aromatic N) is 3. The number of fused-ring (bicyclic) bond motifs is 2. The van der Waals surface area contributed by atoms with E-state index in [2.05, 4.69) is 15.0 Å². The van der Waals surface area contributed by atoms with Crippen molar-refractivity contribution < 1.29 is 32.5 Å². The molecule has 36 heavy (non-hydrogen) atoms. The smallest absolute Gasteiger partial charge is 0.401 e. The molecular weight excluding hydrogens is 501 g/mol. The number of hydrogen-bond acceptors (Lipinski definition) is 7. The molecule has 3 fully saturated rings. The van der Waals surface area contributed by atoms with Crippen LogP contribution in [0.2, 0.25) is 5.02 Å². The van der Waals surface area contributed by atoms with Crippen LogP contribution in [0.1, 0.15) is 17.9 Å². The van der Waals surface area contributed by atoms with E-state index in [0.717, 1.165) is 11.1 Å². The van der Waals surface area contributed by atoms with Crippen LogP contribution in [0.25, 0.3) is 22.4 Å². The van der Waals surface area contributed by atoms with Gasteiger partial charge in [-0.3, -0.25) is 4.90 Å². The second-order valence-corrected chi connectivity index (χ2v) is 9.92. The van der Waals surface area contributed by atoms with Crippen LogP contribution in [-0.2, 0) is 9.47 Å². The molecule has 0 aliphatic carbocycles. The molecule has 0 spiro atoms. The molecule has 3 aliphatic rings. The van der Waals surface area contributed by atoms with Gasteiger partial charge in [0.1, 0.15) is 18.3 Å². The maximum atomic E-state index is 12.7. The maximum Gasteiger partial charge on any atom is 0.401 e. The van der Waals surface area contributed by atoms with Gasteiger partial charge in [0.25, 0.3) is 6.01 Å². The maximum absolute atomic E-state index is 12.7. The average Bonchev–Trinajstić information content (AvgIpc) is 3.60. The summed E-state index contributed by atoms with van der Waals surface area (Å²) in [6, 6.07) is 9.58. The van der Waals surface area contributed by atoms with E-state index < -0.39 is 31.0 Å². The zero-order chi connectivity index (χ0) is 25.0. The summed E-state index contributed by atoms with van der Waals surface area (Å²) in [6.07, 6.45) is -5.33. The van der Waals surface area contributed by atoms with Gasteiger partial charge in [0.2, 0.25) is 0 Å². The number of pyridine rings is 1. The first-order valence-corrected chi connectivity index (χ1v) is 12.1. The molecule has 0 radical (unpaired) electrons. The van der Waals surface area contributed by atoms with E-state index in [9.17, 15) is 18.3 Å². The van der Waals surface area contributed by atoms with E-state index in [1.807, 2.05) is 24.3 Å². The Morgan fingerprint density at radius 2 is 1.92 bits per heavy atom. The molecule has 192 valence electrons.